The van der Waals surface area contributed by atoms with E-state index in [0.29, 0.717) is 36.9 Å². The van der Waals surface area contributed by atoms with Gasteiger partial charge in [-0.15, -0.1) is 0 Å². The van der Waals surface area contributed by atoms with Crippen molar-refractivity contribution in [3.8, 4) is 11.5 Å². The van der Waals surface area contributed by atoms with Gasteiger partial charge in [0.1, 0.15) is 0 Å². The van der Waals surface area contributed by atoms with Crippen LogP contribution < -0.4 is 14.4 Å². The van der Waals surface area contributed by atoms with Gasteiger partial charge in [0, 0.05) is 47.7 Å². The summed E-state index contributed by atoms with van der Waals surface area (Å²) in [4.78, 5) is 13.7. The topological polar surface area (TPSA) is 72.9 Å². The Kier molecular flexibility index (Phi) is 4.18. The van der Waals surface area contributed by atoms with Gasteiger partial charge < -0.3 is 14.4 Å². The van der Waals surface area contributed by atoms with E-state index in [0.717, 1.165) is 6.42 Å². The second kappa shape index (κ2) is 5.96. The lowest BCUT2D eigenvalue weighted by Gasteiger charge is -2.18. The first-order valence-electron chi connectivity index (χ1n) is 7.05. The van der Waals surface area contributed by atoms with Crippen LogP contribution in [0.15, 0.2) is 18.2 Å². The van der Waals surface area contributed by atoms with E-state index in [-0.39, 0.29) is 24.0 Å². The van der Waals surface area contributed by atoms with Crippen molar-refractivity contribution >= 4 is 31.3 Å². The van der Waals surface area contributed by atoms with Crippen molar-refractivity contribution in [1.29, 1.82) is 0 Å². The minimum atomic E-state index is -3.61. The van der Waals surface area contributed by atoms with Gasteiger partial charge >= 0.3 is 0 Å². The van der Waals surface area contributed by atoms with Gasteiger partial charge in [0.25, 0.3) is 0 Å². The van der Waals surface area contributed by atoms with E-state index >= 15 is 0 Å². The number of carbonyl (C=O) groups is 1. The zero-order valence-corrected chi connectivity index (χ0v) is 13.4. The van der Waals surface area contributed by atoms with Crippen LogP contribution in [0.4, 0.5) is 5.69 Å². The van der Waals surface area contributed by atoms with E-state index in [9.17, 15) is 13.2 Å². The molecule has 0 aromatic heterocycles. The van der Waals surface area contributed by atoms with Gasteiger partial charge in [-0.3, -0.25) is 4.79 Å². The van der Waals surface area contributed by atoms with E-state index in [1.54, 1.807) is 23.1 Å². The maximum absolute atomic E-state index is 12.1. The van der Waals surface area contributed by atoms with Crippen molar-refractivity contribution in [2.75, 3.05) is 30.4 Å². The van der Waals surface area contributed by atoms with Crippen LogP contribution in [0.3, 0.4) is 0 Å². The second-order valence-electron chi connectivity index (χ2n) is 5.46. The van der Waals surface area contributed by atoms with Crippen LogP contribution in [0, 0.1) is 5.92 Å². The van der Waals surface area contributed by atoms with Crippen molar-refractivity contribution in [2.45, 2.75) is 12.8 Å². The summed E-state index contributed by atoms with van der Waals surface area (Å²) in [6.07, 6.45) is 0.989. The predicted molar refractivity (Wildman–Crippen MR) is 82.1 cm³/mol. The molecule has 120 valence electrons. The van der Waals surface area contributed by atoms with Crippen LogP contribution in [0.5, 0.6) is 11.5 Å². The minimum Gasteiger partial charge on any atom is -0.490 e. The van der Waals surface area contributed by atoms with Crippen LogP contribution in [-0.4, -0.2) is 39.8 Å². The Balaban J connectivity index is 1.79. The highest BCUT2D eigenvalue weighted by Crippen LogP contribution is 2.35. The molecule has 1 atom stereocenters. The number of amides is 1. The van der Waals surface area contributed by atoms with Gasteiger partial charge in [0.05, 0.1) is 19.0 Å². The Bertz CT molecular complexity index is 690. The average Bonchev–Trinajstić information content (AvgIpc) is 2.65. The third-order valence-corrected chi connectivity index (χ3v) is 4.93. The van der Waals surface area contributed by atoms with Crippen LogP contribution in [0.25, 0.3) is 0 Å². The molecule has 1 aromatic rings. The fraction of sp³-hybridized carbons (Fsp3) is 0.500. The zero-order valence-electron chi connectivity index (χ0n) is 11.8. The van der Waals surface area contributed by atoms with E-state index in [4.69, 9.17) is 20.2 Å². The first-order chi connectivity index (χ1) is 10.4. The molecule has 6 nitrogen and oxygen atoms in total. The third-order valence-electron chi connectivity index (χ3n) is 3.68. The Morgan fingerprint density at radius 1 is 1.23 bits per heavy atom. The molecule has 1 amide bonds. The fourth-order valence-electron chi connectivity index (χ4n) is 2.74. The molecule has 1 unspecified atom stereocenters. The summed E-state index contributed by atoms with van der Waals surface area (Å²) in [6, 6.07) is 5.31. The Morgan fingerprint density at radius 2 is 1.95 bits per heavy atom. The maximum Gasteiger partial charge on any atom is 0.232 e. The van der Waals surface area contributed by atoms with E-state index in [2.05, 4.69) is 0 Å². The average molecular weight is 346 g/mol. The maximum atomic E-state index is 12.1. The molecule has 1 saturated heterocycles. The molecule has 1 fully saturated rings. The molecule has 0 saturated carbocycles. The number of carbonyl (C=O) groups excluding carboxylic acids is 1. The molecule has 0 bridgehead atoms. The van der Waals surface area contributed by atoms with Gasteiger partial charge in [0.15, 0.2) is 11.5 Å². The Hall–Kier alpha value is -1.47. The summed E-state index contributed by atoms with van der Waals surface area (Å²) in [6.45, 7) is 1.51. The largest absolute Gasteiger partial charge is 0.490 e. The Labute approximate surface area is 133 Å². The van der Waals surface area contributed by atoms with Gasteiger partial charge in [-0.05, 0) is 12.1 Å². The quantitative estimate of drug-likeness (QED) is 0.781. The number of rotatable bonds is 3. The summed E-state index contributed by atoms with van der Waals surface area (Å²) >= 11 is 0. The molecule has 22 heavy (non-hydrogen) atoms. The number of ether oxygens (including phenoxy) is 2. The van der Waals surface area contributed by atoms with E-state index in [1.165, 1.54) is 0 Å². The summed E-state index contributed by atoms with van der Waals surface area (Å²) in [5.41, 5.74) is 0.684. The van der Waals surface area contributed by atoms with Gasteiger partial charge in [-0.2, -0.15) is 0 Å². The molecular weight excluding hydrogens is 330 g/mol. The molecule has 2 aliphatic heterocycles. The summed E-state index contributed by atoms with van der Waals surface area (Å²) < 4.78 is 33.5. The van der Waals surface area contributed by atoms with Crippen LogP contribution >= 0.6 is 10.7 Å². The van der Waals surface area contributed by atoms with E-state index in [1.807, 2.05) is 0 Å². The highest BCUT2D eigenvalue weighted by atomic mass is 35.7. The molecule has 2 heterocycles. The Morgan fingerprint density at radius 3 is 2.68 bits per heavy atom. The summed E-state index contributed by atoms with van der Waals surface area (Å²) in [5.74, 6) is 0.677. The van der Waals surface area contributed by atoms with Crippen LogP contribution in [0.2, 0.25) is 0 Å². The molecule has 1 aromatic carbocycles. The van der Waals surface area contributed by atoms with Crippen molar-refractivity contribution in [1.82, 2.24) is 0 Å². The standard InChI is InChI=1S/C14H16ClNO5S/c15-22(18,19)9-10-6-14(17)16(8-10)11-2-3-12-13(7-11)21-5-1-4-20-12/h2-3,7,10H,1,4-6,8-9H2. The SMILES string of the molecule is O=C1CC(CS(=O)(=O)Cl)CN1c1ccc2c(c1)OCCCO2. The van der Waals surface area contributed by atoms with Crippen LogP contribution in [0.1, 0.15) is 12.8 Å². The lowest BCUT2D eigenvalue weighted by molar-refractivity contribution is -0.117. The highest BCUT2D eigenvalue weighted by Gasteiger charge is 2.33. The normalized spacial score (nSPS) is 21.8. The predicted octanol–water partition coefficient (Wildman–Crippen LogP) is 1.77. The first kappa shape index (κ1) is 15.4. The van der Waals surface area contributed by atoms with Crippen molar-refractivity contribution in [2.24, 2.45) is 5.92 Å². The van der Waals surface area contributed by atoms with E-state index < -0.39 is 9.05 Å². The van der Waals surface area contributed by atoms with Gasteiger partial charge in [0.2, 0.25) is 15.0 Å². The summed E-state index contributed by atoms with van der Waals surface area (Å²) in [5, 5.41) is 0. The first-order valence-corrected chi connectivity index (χ1v) is 9.52. The number of halogens is 1. The molecule has 3 rings (SSSR count). The third kappa shape index (κ3) is 3.47. The highest BCUT2D eigenvalue weighted by molar-refractivity contribution is 8.13. The summed E-state index contributed by atoms with van der Waals surface area (Å²) in [7, 11) is 1.67. The van der Waals surface area contributed by atoms with Crippen LogP contribution in [-0.2, 0) is 13.8 Å². The second-order valence-corrected chi connectivity index (χ2v) is 8.28. The van der Waals surface area contributed by atoms with Crippen molar-refractivity contribution in [3.63, 3.8) is 0 Å². The van der Waals surface area contributed by atoms with Gasteiger partial charge in [-0.1, -0.05) is 0 Å². The molecule has 8 heteroatoms. The van der Waals surface area contributed by atoms with Gasteiger partial charge in [-0.25, -0.2) is 8.42 Å². The number of hydrogen-bond acceptors (Lipinski definition) is 5. The number of fused-ring (bicyclic) bond motifs is 1. The monoisotopic (exact) mass is 345 g/mol. The molecule has 0 radical (unpaired) electrons. The number of benzene rings is 1. The molecule has 0 spiro atoms. The lowest BCUT2D eigenvalue weighted by Crippen LogP contribution is -2.25. The number of nitrogens with zero attached hydrogens (tertiary/aromatic N) is 1. The number of anilines is 1. The fourth-order valence-corrected chi connectivity index (χ4v) is 4.06. The van der Waals surface area contributed by atoms with Crippen molar-refractivity contribution in [3.05, 3.63) is 18.2 Å². The molecule has 0 N–H and O–H groups in total. The van der Waals surface area contributed by atoms with Crippen molar-refractivity contribution < 1.29 is 22.7 Å². The molecule has 2 aliphatic rings. The molecule has 0 aliphatic carbocycles. The smallest absolute Gasteiger partial charge is 0.232 e. The molecular formula is C14H16ClNO5S. The zero-order chi connectivity index (χ0) is 15.7. The number of hydrogen-bond donors (Lipinski definition) is 0. The minimum absolute atomic E-state index is 0.111. The lowest BCUT2D eigenvalue weighted by atomic mass is 10.1.